The lowest BCUT2D eigenvalue weighted by Crippen LogP contribution is -2.00. The van der Waals surface area contributed by atoms with Gasteiger partial charge in [0.15, 0.2) is 0 Å². The number of nitrogen functional groups attached to an aromatic ring is 1. The summed E-state index contributed by atoms with van der Waals surface area (Å²) in [5, 5.41) is 3.45. The van der Waals surface area contributed by atoms with Crippen molar-refractivity contribution in [2.24, 2.45) is 0 Å². The molecule has 2 aromatic carbocycles. The van der Waals surface area contributed by atoms with E-state index in [1.165, 1.54) is 27.8 Å². The standard InChI is InChI=1S/C17H22N2/c1-10-6-14(5)16(8-12(10)3)19-17-9-13(4)11(2)7-15(17)18/h6-9,19H,18H2,1-5H3. The van der Waals surface area contributed by atoms with E-state index in [2.05, 4.69) is 58.1 Å². The SMILES string of the molecule is Cc1cc(C)c(Nc2cc(C)c(C)cc2N)cc1C. The molecule has 0 atom stereocenters. The normalized spacial score (nSPS) is 10.6. The number of nitrogens with two attached hydrogens (primary N) is 1. The molecule has 0 fully saturated rings. The fraction of sp³-hybridized carbons (Fsp3) is 0.294. The molecular weight excluding hydrogens is 232 g/mol. The van der Waals surface area contributed by atoms with Crippen molar-refractivity contribution in [2.45, 2.75) is 34.6 Å². The Morgan fingerprint density at radius 1 is 0.632 bits per heavy atom. The maximum Gasteiger partial charge on any atom is 0.0620 e. The number of hydrogen-bond acceptors (Lipinski definition) is 2. The molecule has 3 N–H and O–H groups in total. The van der Waals surface area contributed by atoms with Crippen LogP contribution < -0.4 is 11.1 Å². The van der Waals surface area contributed by atoms with Crippen LogP contribution in [0.1, 0.15) is 27.8 Å². The van der Waals surface area contributed by atoms with Gasteiger partial charge in [0.05, 0.1) is 11.4 Å². The molecular formula is C17H22N2. The van der Waals surface area contributed by atoms with Crippen molar-refractivity contribution in [1.29, 1.82) is 0 Å². The lowest BCUT2D eigenvalue weighted by Gasteiger charge is -2.15. The Morgan fingerprint density at radius 2 is 1.11 bits per heavy atom. The van der Waals surface area contributed by atoms with E-state index in [0.29, 0.717) is 0 Å². The Bertz CT molecular complexity index is 572. The molecule has 0 radical (unpaired) electrons. The highest BCUT2D eigenvalue weighted by Gasteiger charge is 2.06. The molecule has 0 heterocycles. The molecule has 2 nitrogen and oxygen atoms in total. The molecule has 100 valence electrons. The van der Waals surface area contributed by atoms with Crippen molar-refractivity contribution in [3.8, 4) is 0 Å². The van der Waals surface area contributed by atoms with Crippen LogP contribution in [0.15, 0.2) is 24.3 Å². The van der Waals surface area contributed by atoms with Gasteiger partial charge in [0.2, 0.25) is 0 Å². The third-order valence-corrected chi connectivity index (χ3v) is 3.78. The van der Waals surface area contributed by atoms with Crippen LogP contribution in [0.2, 0.25) is 0 Å². The first-order valence-corrected chi connectivity index (χ1v) is 6.60. The van der Waals surface area contributed by atoms with Gasteiger partial charge in [-0.15, -0.1) is 0 Å². The third kappa shape index (κ3) is 2.73. The molecule has 0 aliphatic carbocycles. The van der Waals surface area contributed by atoms with Crippen molar-refractivity contribution in [3.63, 3.8) is 0 Å². The highest BCUT2D eigenvalue weighted by Crippen LogP contribution is 2.29. The predicted octanol–water partition coefficient (Wildman–Crippen LogP) is 4.55. The van der Waals surface area contributed by atoms with E-state index < -0.39 is 0 Å². The van der Waals surface area contributed by atoms with Gasteiger partial charge in [-0.25, -0.2) is 0 Å². The molecule has 0 saturated heterocycles. The Hall–Kier alpha value is -1.96. The first kappa shape index (κ1) is 13.5. The average Bonchev–Trinajstić information content (AvgIpc) is 2.32. The summed E-state index contributed by atoms with van der Waals surface area (Å²) in [6.07, 6.45) is 0. The first-order valence-electron chi connectivity index (χ1n) is 6.60. The lowest BCUT2D eigenvalue weighted by atomic mass is 10.0. The molecule has 0 saturated carbocycles. The topological polar surface area (TPSA) is 38.0 Å². The summed E-state index contributed by atoms with van der Waals surface area (Å²) >= 11 is 0. The van der Waals surface area contributed by atoms with Crippen LogP contribution in [-0.2, 0) is 0 Å². The van der Waals surface area contributed by atoms with Gasteiger partial charge in [0.25, 0.3) is 0 Å². The smallest absolute Gasteiger partial charge is 0.0620 e. The lowest BCUT2D eigenvalue weighted by molar-refractivity contribution is 1.29. The van der Waals surface area contributed by atoms with E-state index in [0.717, 1.165) is 17.1 Å². The van der Waals surface area contributed by atoms with E-state index in [1.54, 1.807) is 0 Å². The van der Waals surface area contributed by atoms with Gasteiger partial charge in [0.1, 0.15) is 0 Å². The number of rotatable bonds is 2. The van der Waals surface area contributed by atoms with Gasteiger partial charge < -0.3 is 11.1 Å². The van der Waals surface area contributed by atoms with Crippen molar-refractivity contribution in [1.82, 2.24) is 0 Å². The minimum absolute atomic E-state index is 0.792. The number of nitrogens with one attached hydrogen (secondary N) is 1. The molecule has 0 spiro atoms. The third-order valence-electron chi connectivity index (χ3n) is 3.78. The molecule has 2 rings (SSSR count). The summed E-state index contributed by atoms with van der Waals surface area (Å²) in [4.78, 5) is 0. The van der Waals surface area contributed by atoms with E-state index in [1.807, 2.05) is 6.07 Å². The summed E-state index contributed by atoms with van der Waals surface area (Å²) < 4.78 is 0. The highest BCUT2D eigenvalue weighted by atomic mass is 14.9. The van der Waals surface area contributed by atoms with E-state index >= 15 is 0 Å². The quantitative estimate of drug-likeness (QED) is 0.771. The van der Waals surface area contributed by atoms with Crippen LogP contribution in [0, 0.1) is 34.6 Å². The van der Waals surface area contributed by atoms with Gasteiger partial charge >= 0.3 is 0 Å². The van der Waals surface area contributed by atoms with Crippen molar-refractivity contribution in [3.05, 3.63) is 52.1 Å². The molecule has 0 amide bonds. The maximum absolute atomic E-state index is 6.09. The zero-order valence-electron chi connectivity index (χ0n) is 12.4. The molecule has 2 heteroatoms. The fourth-order valence-corrected chi connectivity index (χ4v) is 2.19. The largest absolute Gasteiger partial charge is 0.397 e. The van der Waals surface area contributed by atoms with Crippen LogP contribution in [0.3, 0.4) is 0 Å². The van der Waals surface area contributed by atoms with Crippen molar-refractivity contribution >= 4 is 17.1 Å². The van der Waals surface area contributed by atoms with E-state index in [9.17, 15) is 0 Å². The zero-order valence-corrected chi connectivity index (χ0v) is 12.4. The number of benzene rings is 2. The van der Waals surface area contributed by atoms with E-state index in [-0.39, 0.29) is 0 Å². The number of aryl methyl sites for hydroxylation is 5. The van der Waals surface area contributed by atoms with Crippen LogP contribution in [-0.4, -0.2) is 0 Å². The molecule has 0 aromatic heterocycles. The van der Waals surface area contributed by atoms with Gasteiger partial charge in [0, 0.05) is 5.69 Å². The Labute approximate surface area is 115 Å². The highest BCUT2D eigenvalue weighted by molar-refractivity contribution is 5.75. The summed E-state index contributed by atoms with van der Waals surface area (Å²) in [6.45, 7) is 10.6. The summed E-state index contributed by atoms with van der Waals surface area (Å²) in [5.74, 6) is 0. The summed E-state index contributed by atoms with van der Waals surface area (Å²) in [5.41, 5.74) is 15.3. The molecule has 2 aromatic rings. The average molecular weight is 254 g/mol. The second-order valence-corrected chi connectivity index (χ2v) is 5.40. The summed E-state index contributed by atoms with van der Waals surface area (Å²) in [7, 11) is 0. The zero-order chi connectivity index (χ0) is 14.2. The van der Waals surface area contributed by atoms with Crippen LogP contribution >= 0.6 is 0 Å². The Morgan fingerprint density at radius 3 is 1.74 bits per heavy atom. The van der Waals surface area contributed by atoms with Gasteiger partial charge in [-0.1, -0.05) is 6.07 Å². The Kier molecular flexibility index (Phi) is 3.52. The van der Waals surface area contributed by atoms with E-state index in [4.69, 9.17) is 5.73 Å². The van der Waals surface area contributed by atoms with Gasteiger partial charge in [-0.05, 0) is 80.6 Å². The molecule has 0 bridgehead atoms. The van der Waals surface area contributed by atoms with Gasteiger partial charge in [-0.3, -0.25) is 0 Å². The second kappa shape index (κ2) is 4.96. The number of anilines is 3. The predicted molar refractivity (Wildman–Crippen MR) is 84.3 cm³/mol. The van der Waals surface area contributed by atoms with Gasteiger partial charge in [-0.2, -0.15) is 0 Å². The summed E-state index contributed by atoms with van der Waals surface area (Å²) in [6, 6.07) is 8.52. The molecule has 0 aliphatic rings. The van der Waals surface area contributed by atoms with Crippen LogP contribution in [0.4, 0.5) is 17.1 Å². The van der Waals surface area contributed by atoms with Crippen LogP contribution in [0.25, 0.3) is 0 Å². The van der Waals surface area contributed by atoms with Crippen molar-refractivity contribution in [2.75, 3.05) is 11.1 Å². The van der Waals surface area contributed by atoms with Crippen LogP contribution in [0.5, 0.6) is 0 Å². The van der Waals surface area contributed by atoms with Crippen molar-refractivity contribution < 1.29 is 0 Å². The minimum atomic E-state index is 0.792. The number of hydrogen-bond donors (Lipinski definition) is 2. The first-order chi connectivity index (χ1) is 8.88. The molecule has 19 heavy (non-hydrogen) atoms. The second-order valence-electron chi connectivity index (χ2n) is 5.40. The fourth-order valence-electron chi connectivity index (χ4n) is 2.19. The monoisotopic (exact) mass is 254 g/mol. The minimum Gasteiger partial charge on any atom is -0.397 e. The maximum atomic E-state index is 6.09. The molecule has 0 aliphatic heterocycles. The molecule has 0 unspecified atom stereocenters. The Balaban J connectivity index is 2.42.